The monoisotopic (exact) mass is 416 g/mol. The van der Waals surface area contributed by atoms with Crippen molar-refractivity contribution in [2.75, 3.05) is 14.1 Å². The third-order valence-corrected chi connectivity index (χ3v) is 5.12. The van der Waals surface area contributed by atoms with Crippen LogP contribution in [0.2, 0.25) is 5.02 Å². The molecule has 2 aromatic rings. The van der Waals surface area contributed by atoms with E-state index >= 15 is 0 Å². The first-order chi connectivity index (χ1) is 13.5. The Bertz CT molecular complexity index is 1090. The van der Waals surface area contributed by atoms with Crippen LogP contribution in [0.5, 0.6) is 0 Å². The van der Waals surface area contributed by atoms with Crippen LogP contribution in [0.1, 0.15) is 17.0 Å². The second kappa shape index (κ2) is 7.17. The number of benzene rings is 1. The molecule has 0 spiro atoms. The maximum atomic E-state index is 12.4. The van der Waals surface area contributed by atoms with Gasteiger partial charge in [0.15, 0.2) is 0 Å². The number of urea groups is 1. The fourth-order valence-electron chi connectivity index (χ4n) is 3.24. The molecule has 9 nitrogen and oxygen atoms in total. The van der Waals surface area contributed by atoms with Gasteiger partial charge >= 0.3 is 6.03 Å². The summed E-state index contributed by atoms with van der Waals surface area (Å²) in [4.78, 5) is 49.1. The number of hydrogen-bond acceptors (Lipinski definition) is 5. The highest BCUT2D eigenvalue weighted by atomic mass is 35.5. The van der Waals surface area contributed by atoms with Crippen molar-refractivity contribution in [3.8, 4) is 5.69 Å². The number of carbonyl (C=O) groups excluding carboxylic acids is 3. The van der Waals surface area contributed by atoms with E-state index in [9.17, 15) is 24.5 Å². The van der Waals surface area contributed by atoms with Crippen LogP contribution in [-0.2, 0) is 9.59 Å². The largest absolute Gasteiger partial charge is 0.333 e. The number of halogens is 1. The average molecular weight is 417 g/mol. The van der Waals surface area contributed by atoms with Crippen LogP contribution in [0.15, 0.2) is 29.8 Å². The molecule has 1 aromatic carbocycles. The molecule has 0 bridgehead atoms. The van der Waals surface area contributed by atoms with Crippen molar-refractivity contribution in [2.45, 2.75) is 13.8 Å². The maximum absolute atomic E-state index is 12.4. The number of nitrogens with zero attached hydrogens (tertiary/aromatic N) is 4. The highest BCUT2D eigenvalue weighted by Crippen LogP contribution is 2.30. The molecule has 1 fully saturated rings. The van der Waals surface area contributed by atoms with E-state index in [0.29, 0.717) is 16.9 Å². The number of barbiturate groups is 1. The molecule has 0 aliphatic carbocycles. The van der Waals surface area contributed by atoms with Gasteiger partial charge in [-0.05, 0) is 43.7 Å². The number of nitro benzene ring substituents is 1. The summed E-state index contributed by atoms with van der Waals surface area (Å²) in [7, 11) is 2.61. The summed E-state index contributed by atoms with van der Waals surface area (Å²) in [6.07, 6.45) is 1.42. The molecule has 2 heterocycles. The maximum Gasteiger partial charge on any atom is 0.333 e. The molecule has 0 unspecified atom stereocenters. The van der Waals surface area contributed by atoms with Crippen LogP contribution >= 0.6 is 11.6 Å². The lowest BCUT2D eigenvalue weighted by molar-refractivity contribution is -0.384. The van der Waals surface area contributed by atoms with Crippen molar-refractivity contribution in [3.63, 3.8) is 0 Å². The first-order valence-electron chi connectivity index (χ1n) is 8.49. The Morgan fingerprint density at radius 2 is 1.62 bits per heavy atom. The van der Waals surface area contributed by atoms with Gasteiger partial charge in [0.2, 0.25) is 0 Å². The molecular weight excluding hydrogens is 400 g/mol. The summed E-state index contributed by atoms with van der Waals surface area (Å²) < 4.78 is 1.76. The van der Waals surface area contributed by atoms with E-state index in [-0.39, 0.29) is 16.3 Å². The van der Waals surface area contributed by atoms with E-state index in [1.807, 2.05) is 0 Å². The van der Waals surface area contributed by atoms with Gasteiger partial charge in [-0.15, -0.1) is 0 Å². The van der Waals surface area contributed by atoms with Gasteiger partial charge in [0.25, 0.3) is 17.5 Å². The third kappa shape index (κ3) is 3.29. The summed E-state index contributed by atoms with van der Waals surface area (Å²) in [5.74, 6) is -1.38. The Hall–Kier alpha value is -3.46. The summed E-state index contributed by atoms with van der Waals surface area (Å²) in [5.41, 5.74) is 2.13. The van der Waals surface area contributed by atoms with Crippen molar-refractivity contribution < 1.29 is 19.3 Å². The molecule has 0 saturated carbocycles. The van der Waals surface area contributed by atoms with Crippen LogP contribution in [0.3, 0.4) is 0 Å². The third-order valence-electron chi connectivity index (χ3n) is 4.80. The number of amides is 4. The number of hydrogen-bond donors (Lipinski definition) is 0. The van der Waals surface area contributed by atoms with Gasteiger partial charge in [-0.2, -0.15) is 0 Å². The lowest BCUT2D eigenvalue weighted by Gasteiger charge is -2.28. The Labute approximate surface area is 170 Å². The van der Waals surface area contributed by atoms with Gasteiger partial charge in [0, 0.05) is 31.5 Å². The minimum Gasteiger partial charge on any atom is -0.318 e. The zero-order valence-corrected chi connectivity index (χ0v) is 16.9. The predicted molar refractivity (Wildman–Crippen MR) is 106 cm³/mol. The van der Waals surface area contributed by atoms with E-state index < -0.39 is 22.8 Å². The number of aryl methyl sites for hydroxylation is 1. The van der Waals surface area contributed by atoms with Crippen molar-refractivity contribution in [3.05, 3.63) is 61.9 Å². The van der Waals surface area contributed by atoms with Gasteiger partial charge < -0.3 is 4.57 Å². The van der Waals surface area contributed by atoms with Crippen LogP contribution in [0.4, 0.5) is 10.5 Å². The van der Waals surface area contributed by atoms with Gasteiger partial charge in [-0.1, -0.05) is 11.6 Å². The molecule has 1 saturated heterocycles. The van der Waals surface area contributed by atoms with E-state index in [1.54, 1.807) is 30.5 Å². The van der Waals surface area contributed by atoms with Gasteiger partial charge in [-0.25, -0.2) is 4.79 Å². The minimum absolute atomic E-state index is 0.0256. The molecule has 4 amide bonds. The van der Waals surface area contributed by atoms with Crippen molar-refractivity contribution >= 4 is 41.2 Å². The smallest absolute Gasteiger partial charge is 0.318 e. The Kier molecular flexibility index (Phi) is 5.02. The fourth-order valence-corrected chi connectivity index (χ4v) is 3.43. The molecule has 1 aliphatic heterocycles. The van der Waals surface area contributed by atoms with Gasteiger partial charge in [-0.3, -0.25) is 29.5 Å². The zero-order chi connectivity index (χ0) is 21.6. The van der Waals surface area contributed by atoms with Crippen LogP contribution < -0.4 is 0 Å². The lowest BCUT2D eigenvalue weighted by atomic mass is 10.1. The summed E-state index contributed by atoms with van der Waals surface area (Å²) in [6.45, 7) is 3.55. The Morgan fingerprint density at radius 3 is 2.17 bits per heavy atom. The molecule has 0 N–H and O–H groups in total. The standard InChI is InChI=1S/C19H17ClN4O5/c1-10-7-12(8-14-17(25)21(3)19(27)22(4)18(14)26)11(2)23(10)13-5-6-15(20)16(9-13)24(28)29/h5-9H,1-4H3. The van der Waals surface area contributed by atoms with E-state index in [0.717, 1.165) is 15.5 Å². The van der Waals surface area contributed by atoms with Crippen molar-refractivity contribution in [2.24, 2.45) is 0 Å². The SMILES string of the molecule is Cc1cc(C=C2C(=O)N(C)C(=O)N(C)C2=O)c(C)n1-c1ccc(Cl)c([N+](=O)[O-])c1. The summed E-state index contributed by atoms with van der Waals surface area (Å²) >= 11 is 5.89. The van der Waals surface area contributed by atoms with Crippen LogP contribution in [0, 0.1) is 24.0 Å². The van der Waals surface area contributed by atoms with Crippen molar-refractivity contribution in [1.82, 2.24) is 14.4 Å². The first kappa shape index (κ1) is 20.3. The minimum atomic E-state index is -0.698. The molecule has 0 radical (unpaired) electrons. The molecule has 0 atom stereocenters. The normalized spacial score (nSPS) is 14.7. The molecule has 10 heteroatoms. The quantitative estimate of drug-likeness (QED) is 0.331. The second-order valence-electron chi connectivity index (χ2n) is 6.62. The van der Waals surface area contributed by atoms with E-state index in [2.05, 4.69) is 0 Å². The first-order valence-corrected chi connectivity index (χ1v) is 8.87. The highest BCUT2D eigenvalue weighted by molar-refractivity contribution is 6.32. The van der Waals surface area contributed by atoms with Gasteiger partial charge in [0.1, 0.15) is 10.6 Å². The number of rotatable bonds is 3. The molecule has 1 aliphatic rings. The number of carbonyl (C=O) groups is 3. The summed E-state index contributed by atoms with van der Waals surface area (Å²) in [5, 5.41) is 11.2. The van der Waals surface area contributed by atoms with Gasteiger partial charge in [0.05, 0.1) is 10.6 Å². The van der Waals surface area contributed by atoms with Crippen LogP contribution in [0.25, 0.3) is 11.8 Å². The predicted octanol–water partition coefficient (Wildman–Crippen LogP) is 3.09. The lowest BCUT2D eigenvalue weighted by Crippen LogP contribution is -2.52. The number of nitro groups is 1. The average Bonchev–Trinajstić information content (AvgIpc) is 2.95. The second-order valence-corrected chi connectivity index (χ2v) is 7.03. The Morgan fingerprint density at radius 1 is 1.03 bits per heavy atom. The van der Waals surface area contributed by atoms with Crippen LogP contribution in [-0.4, -0.2) is 51.2 Å². The molecule has 29 heavy (non-hydrogen) atoms. The van der Waals surface area contributed by atoms with E-state index in [1.165, 1.54) is 32.3 Å². The summed E-state index contributed by atoms with van der Waals surface area (Å²) in [6, 6.07) is 5.49. The van der Waals surface area contributed by atoms with E-state index in [4.69, 9.17) is 11.6 Å². The topological polar surface area (TPSA) is 106 Å². The molecule has 3 rings (SSSR count). The Balaban J connectivity index is 2.12. The van der Waals surface area contributed by atoms with Crippen molar-refractivity contribution in [1.29, 1.82) is 0 Å². The molecular formula is C19H17ClN4O5. The highest BCUT2D eigenvalue weighted by Gasteiger charge is 2.38. The number of aromatic nitrogens is 1. The number of imide groups is 2. The molecule has 1 aromatic heterocycles. The fraction of sp³-hybridized carbons (Fsp3) is 0.211. The zero-order valence-electron chi connectivity index (χ0n) is 16.1. The number of likely N-dealkylation sites (N-methyl/N-ethyl adjacent to an activating group) is 2. The molecule has 150 valence electrons.